The molecule has 0 unspecified atom stereocenters. The largest absolute Gasteiger partial charge is 3.00 e. The molecule has 0 aromatic heterocycles. The molecule has 0 aromatic rings. The van der Waals surface area contributed by atoms with Crippen LogP contribution in [-0.2, 0) is 14.2 Å². The van der Waals surface area contributed by atoms with Crippen molar-refractivity contribution < 1.29 is 71.3 Å². The van der Waals surface area contributed by atoms with Crippen LogP contribution in [-0.4, -0.2) is 59.5 Å². The minimum atomic E-state index is -0.117. The first kappa shape index (κ1) is 28.3. The van der Waals surface area contributed by atoms with Gasteiger partial charge in [0.05, 0.1) is 0 Å². The summed E-state index contributed by atoms with van der Waals surface area (Å²) in [5.41, 5.74) is 0. The van der Waals surface area contributed by atoms with E-state index in [1.807, 2.05) is 20.8 Å². The van der Waals surface area contributed by atoms with Crippen LogP contribution in [0, 0.1) is 41.7 Å². The fourth-order valence-electron chi connectivity index (χ4n) is 0.610. The standard InChI is InChI=1S/3C4H9O2.Ce/c3*1-2-6-4-3-5;/h3*2-4H2,1H3;/q3*-1;+3. The van der Waals surface area contributed by atoms with Crippen molar-refractivity contribution in [3.63, 3.8) is 0 Å². The fourth-order valence-corrected chi connectivity index (χ4v) is 0.610. The molecule has 0 atom stereocenters. The maximum absolute atomic E-state index is 9.56. The second-order valence-electron chi connectivity index (χ2n) is 2.70. The van der Waals surface area contributed by atoms with E-state index in [4.69, 9.17) is 0 Å². The fraction of sp³-hybridized carbons (Fsp3) is 1.00. The molecule has 0 rings (SSSR count). The minimum absolute atomic E-state index is 0. The molecule has 6 nitrogen and oxygen atoms in total. The Morgan fingerprint density at radius 2 is 0.789 bits per heavy atom. The third-order valence-electron chi connectivity index (χ3n) is 1.30. The van der Waals surface area contributed by atoms with Gasteiger partial charge in [-0.05, 0) is 20.8 Å². The monoisotopic (exact) mass is 407 g/mol. The summed E-state index contributed by atoms with van der Waals surface area (Å²) in [6, 6.07) is 0. The molecule has 0 aliphatic heterocycles. The minimum Gasteiger partial charge on any atom is -0.853 e. The van der Waals surface area contributed by atoms with Crippen LogP contribution >= 0.6 is 0 Å². The van der Waals surface area contributed by atoms with Crippen LogP contribution in [0.2, 0.25) is 0 Å². The average Bonchev–Trinajstić information content (AvgIpc) is 2.42. The van der Waals surface area contributed by atoms with E-state index in [1.165, 1.54) is 0 Å². The molecule has 0 spiro atoms. The van der Waals surface area contributed by atoms with Gasteiger partial charge < -0.3 is 29.5 Å². The molecule has 0 bridgehead atoms. The third kappa shape index (κ3) is 54.7. The van der Waals surface area contributed by atoms with Crippen molar-refractivity contribution in [2.45, 2.75) is 20.8 Å². The zero-order chi connectivity index (χ0) is 14.5. The van der Waals surface area contributed by atoms with Gasteiger partial charge in [0.1, 0.15) is 0 Å². The molecule has 115 valence electrons. The van der Waals surface area contributed by atoms with E-state index in [-0.39, 0.29) is 61.6 Å². The molecule has 0 saturated carbocycles. The summed E-state index contributed by atoms with van der Waals surface area (Å²) in [7, 11) is 0. The smallest absolute Gasteiger partial charge is 0.853 e. The van der Waals surface area contributed by atoms with Crippen molar-refractivity contribution in [1.82, 2.24) is 0 Å². The average molecular weight is 407 g/mol. The second-order valence-corrected chi connectivity index (χ2v) is 2.70. The Kier molecular flexibility index (Phi) is 54.4. The first-order valence-electron chi connectivity index (χ1n) is 6.22. The van der Waals surface area contributed by atoms with Gasteiger partial charge in [0.15, 0.2) is 0 Å². The number of hydrogen-bond acceptors (Lipinski definition) is 6. The Balaban J connectivity index is -0.0000000865. The summed E-state index contributed by atoms with van der Waals surface area (Å²) in [5, 5.41) is 28.7. The molecule has 0 N–H and O–H groups in total. The molecule has 7 heteroatoms. The van der Waals surface area contributed by atoms with Gasteiger partial charge in [-0.25, -0.2) is 0 Å². The summed E-state index contributed by atoms with van der Waals surface area (Å²) in [6.45, 7) is 8.30. The third-order valence-corrected chi connectivity index (χ3v) is 1.30. The van der Waals surface area contributed by atoms with Gasteiger partial charge in [-0.2, -0.15) is 0 Å². The first-order valence-corrected chi connectivity index (χ1v) is 6.22. The zero-order valence-corrected chi connectivity index (χ0v) is 15.5. The van der Waals surface area contributed by atoms with Crippen LogP contribution in [0.15, 0.2) is 0 Å². The van der Waals surface area contributed by atoms with Crippen molar-refractivity contribution in [2.75, 3.05) is 59.5 Å². The summed E-state index contributed by atoms with van der Waals surface area (Å²) < 4.78 is 14.0. The maximum Gasteiger partial charge on any atom is 3.00 e. The van der Waals surface area contributed by atoms with Crippen LogP contribution in [0.4, 0.5) is 0 Å². The summed E-state index contributed by atoms with van der Waals surface area (Å²) in [5.74, 6) is 0. The van der Waals surface area contributed by atoms with Gasteiger partial charge in [-0.1, -0.05) is 0 Å². The molecule has 1 radical (unpaired) electrons. The van der Waals surface area contributed by atoms with Gasteiger partial charge >= 0.3 is 41.7 Å². The predicted molar refractivity (Wildman–Crippen MR) is 64.1 cm³/mol. The molecule has 19 heavy (non-hydrogen) atoms. The van der Waals surface area contributed by atoms with E-state index >= 15 is 0 Å². The van der Waals surface area contributed by atoms with Gasteiger partial charge in [-0.3, -0.25) is 0 Å². The normalized spacial score (nSPS) is 8.53. The van der Waals surface area contributed by atoms with Crippen LogP contribution in [0.25, 0.3) is 0 Å². The van der Waals surface area contributed by atoms with E-state index in [0.29, 0.717) is 39.6 Å². The summed E-state index contributed by atoms with van der Waals surface area (Å²) in [6.07, 6.45) is 0. The topological polar surface area (TPSA) is 96.9 Å². The maximum atomic E-state index is 9.56. The van der Waals surface area contributed by atoms with Crippen molar-refractivity contribution in [3.05, 3.63) is 0 Å². The van der Waals surface area contributed by atoms with E-state index in [0.717, 1.165) is 0 Å². The zero-order valence-electron chi connectivity index (χ0n) is 12.3. The molecule has 0 aliphatic carbocycles. The Labute approximate surface area is 150 Å². The number of ether oxygens (including phenoxy) is 3. The van der Waals surface area contributed by atoms with Crippen LogP contribution in [0.1, 0.15) is 20.8 Å². The van der Waals surface area contributed by atoms with Gasteiger partial charge in [0, 0.05) is 39.6 Å². The van der Waals surface area contributed by atoms with Crippen LogP contribution in [0.3, 0.4) is 0 Å². The van der Waals surface area contributed by atoms with E-state index < -0.39 is 0 Å². The molecule has 0 saturated heterocycles. The molecule has 0 amide bonds. The molecular weight excluding hydrogens is 380 g/mol. The number of hydrogen-bond donors (Lipinski definition) is 0. The second kappa shape index (κ2) is 36.5. The van der Waals surface area contributed by atoms with Crippen molar-refractivity contribution >= 4 is 0 Å². The van der Waals surface area contributed by atoms with Crippen molar-refractivity contribution in [2.24, 2.45) is 0 Å². The molecular formula is C12H27CeO6. The quantitative estimate of drug-likeness (QED) is 0.417. The molecule has 0 aromatic carbocycles. The van der Waals surface area contributed by atoms with Gasteiger partial charge in [0.2, 0.25) is 0 Å². The summed E-state index contributed by atoms with van der Waals surface area (Å²) >= 11 is 0. The Morgan fingerprint density at radius 1 is 0.579 bits per heavy atom. The van der Waals surface area contributed by atoms with Gasteiger partial charge in [-0.15, -0.1) is 19.8 Å². The van der Waals surface area contributed by atoms with Crippen molar-refractivity contribution in [1.29, 1.82) is 0 Å². The predicted octanol–water partition coefficient (Wildman–Crippen LogP) is -1.85. The molecule has 0 fully saturated rings. The Bertz CT molecular complexity index is 77.2. The number of rotatable bonds is 9. The van der Waals surface area contributed by atoms with Gasteiger partial charge in [0.25, 0.3) is 0 Å². The van der Waals surface area contributed by atoms with E-state index in [9.17, 15) is 15.3 Å². The Morgan fingerprint density at radius 3 is 0.842 bits per heavy atom. The molecule has 0 aliphatic rings. The molecule has 0 heterocycles. The van der Waals surface area contributed by atoms with Crippen molar-refractivity contribution in [3.8, 4) is 0 Å². The first-order chi connectivity index (χ1) is 8.74. The Hall–Kier alpha value is 1.14. The van der Waals surface area contributed by atoms with E-state index in [2.05, 4.69) is 14.2 Å². The van der Waals surface area contributed by atoms with Crippen LogP contribution < -0.4 is 15.3 Å². The van der Waals surface area contributed by atoms with Crippen LogP contribution in [0.5, 0.6) is 0 Å². The van der Waals surface area contributed by atoms with E-state index in [1.54, 1.807) is 0 Å². The SMILES string of the molecule is CCOCC[O-].CCOCC[O-].CCOCC[O-].[Ce+3]. The summed E-state index contributed by atoms with van der Waals surface area (Å²) in [4.78, 5) is 0.